The molecular formula is C20H30N2O5. The molecule has 0 aromatic heterocycles. The van der Waals surface area contributed by atoms with Crippen LogP contribution in [0.15, 0.2) is 18.2 Å². The van der Waals surface area contributed by atoms with Gasteiger partial charge in [-0.3, -0.25) is 9.59 Å². The number of likely N-dealkylation sites (tertiary alicyclic amines) is 1. The average molecular weight is 378 g/mol. The normalized spacial score (nSPS) is 17.9. The predicted octanol–water partition coefficient (Wildman–Crippen LogP) is 1.23. The molecule has 0 spiro atoms. The molecule has 1 aromatic carbocycles. The Morgan fingerprint density at radius 2 is 2.00 bits per heavy atom. The fraction of sp³-hybridized carbons (Fsp3) is 0.600. The Bertz CT molecular complexity index is 662. The molecule has 0 aliphatic carbocycles. The number of carbonyl (C=O) groups is 2. The Hall–Kier alpha value is -2.28. The van der Waals surface area contributed by atoms with Crippen molar-refractivity contribution in [2.75, 3.05) is 33.9 Å². The van der Waals surface area contributed by atoms with Gasteiger partial charge >= 0.3 is 0 Å². The lowest BCUT2D eigenvalue weighted by atomic mass is 10.0. The maximum absolute atomic E-state index is 12.4. The third-order valence-electron chi connectivity index (χ3n) is 5.03. The van der Waals surface area contributed by atoms with Crippen LogP contribution in [-0.4, -0.2) is 61.8 Å². The number of benzene rings is 1. The van der Waals surface area contributed by atoms with Gasteiger partial charge < -0.3 is 24.8 Å². The van der Waals surface area contributed by atoms with Gasteiger partial charge in [0.1, 0.15) is 0 Å². The van der Waals surface area contributed by atoms with E-state index in [0.717, 1.165) is 5.56 Å². The van der Waals surface area contributed by atoms with Crippen LogP contribution >= 0.6 is 0 Å². The first kappa shape index (κ1) is 21.0. The maximum Gasteiger partial charge on any atom is 0.225 e. The van der Waals surface area contributed by atoms with Gasteiger partial charge in [0.2, 0.25) is 11.8 Å². The molecule has 2 N–H and O–H groups in total. The molecule has 2 atom stereocenters. The van der Waals surface area contributed by atoms with E-state index < -0.39 is 0 Å². The molecule has 0 radical (unpaired) electrons. The third kappa shape index (κ3) is 5.35. The number of nitrogens with one attached hydrogen (secondary N) is 1. The van der Waals surface area contributed by atoms with E-state index in [1.54, 1.807) is 19.1 Å². The molecule has 27 heavy (non-hydrogen) atoms. The highest BCUT2D eigenvalue weighted by molar-refractivity contribution is 5.89. The van der Waals surface area contributed by atoms with Crippen molar-refractivity contribution in [1.29, 1.82) is 0 Å². The van der Waals surface area contributed by atoms with Crippen molar-refractivity contribution in [2.45, 2.75) is 32.7 Å². The van der Waals surface area contributed by atoms with Gasteiger partial charge in [-0.05, 0) is 30.0 Å². The smallest absolute Gasteiger partial charge is 0.225 e. The topological polar surface area (TPSA) is 88.1 Å². The largest absolute Gasteiger partial charge is 0.493 e. The number of aliphatic hydroxyl groups excluding tert-OH is 1. The lowest BCUT2D eigenvalue weighted by Crippen LogP contribution is -2.44. The number of hydrogen-bond donors (Lipinski definition) is 2. The summed E-state index contributed by atoms with van der Waals surface area (Å²) in [6.07, 6.45) is 0.889. The van der Waals surface area contributed by atoms with Crippen LogP contribution in [0.5, 0.6) is 11.5 Å². The number of ether oxygens (including phenoxy) is 2. The Morgan fingerprint density at radius 3 is 2.59 bits per heavy atom. The predicted molar refractivity (Wildman–Crippen MR) is 102 cm³/mol. The Morgan fingerprint density at radius 1 is 1.30 bits per heavy atom. The van der Waals surface area contributed by atoms with E-state index in [0.29, 0.717) is 31.0 Å². The third-order valence-corrected chi connectivity index (χ3v) is 5.03. The fourth-order valence-electron chi connectivity index (χ4n) is 3.19. The molecule has 150 valence electrons. The summed E-state index contributed by atoms with van der Waals surface area (Å²) in [4.78, 5) is 26.4. The van der Waals surface area contributed by atoms with Crippen molar-refractivity contribution in [1.82, 2.24) is 10.2 Å². The lowest BCUT2D eigenvalue weighted by molar-refractivity contribution is -0.129. The van der Waals surface area contributed by atoms with Gasteiger partial charge in [-0.15, -0.1) is 0 Å². The Kier molecular flexibility index (Phi) is 7.47. The molecule has 7 heteroatoms. The van der Waals surface area contributed by atoms with E-state index in [-0.39, 0.29) is 42.7 Å². The summed E-state index contributed by atoms with van der Waals surface area (Å²) in [5.74, 6) is 0.918. The minimum Gasteiger partial charge on any atom is -0.493 e. The molecule has 1 heterocycles. The number of methoxy groups -OCH3 is 2. The quantitative estimate of drug-likeness (QED) is 0.675. The highest BCUT2D eigenvalue weighted by atomic mass is 16.5. The highest BCUT2D eigenvalue weighted by Gasteiger charge is 2.35. The van der Waals surface area contributed by atoms with Crippen LogP contribution < -0.4 is 14.8 Å². The van der Waals surface area contributed by atoms with Crippen LogP contribution in [0.2, 0.25) is 0 Å². The van der Waals surface area contributed by atoms with E-state index >= 15 is 0 Å². The van der Waals surface area contributed by atoms with Crippen LogP contribution in [0.1, 0.15) is 25.8 Å². The van der Waals surface area contributed by atoms with Crippen molar-refractivity contribution < 1.29 is 24.2 Å². The number of hydrogen-bond acceptors (Lipinski definition) is 5. The molecule has 1 aromatic rings. The Labute approximate surface area is 160 Å². The summed E-state index contributed by atoms with van der Waals surface area (Å²) in [5, 5.41) is 12.2. The van der Waals surface area contributed by atoms with Crippen LogP contribution in [0.25, 0.3) is 0 Å². The molecule has 1 fully saturated rings. The SMILES string of the molecule is COc1ccc(CCN2CC(C(=O)NC(CO)C(C)C)CC2=O)cc1OC. The van der Waals surface area contributed by atoms with Crippen LogP contribution in [0.4, 0.5) is 0 Å². The molecule has 1 aliphatic heterocycles. The van der Waals surface area contributed by atoms with Crippen molar-refractivity contribution in [2.24, 2.45) is 11.8 Å². The zero-order valence-electron chi connectivity index (χ0n) is 16.5. The molecule has 2 rings (SSSR count). The van der Waals surface area contributed by atoms with Crippen molar-refractivity contribution in [3.63, 3.8) is 0 Å². The molecular weight excluding hydrogens is 348 g/mol. The summed E-state index contributed by atoms with van der Waals surface area (Å²) in [6, 6.07) is 5.41. The van der Waals surface area contributed by atoms with Gasteiger partial charge in [-0.2, -0.15) is 0 Å². The zero-order valence-corrected chi connectivity index (χ0v) is 16.5. The van der Waals surface area contributed by atoms with E-state index in [9.17, 15) is 14.7 Å². The van der Waals surface area contributed by atoms with E-state index in [1.165, 1.54) is 0 Å². The van der Waals surface area contributed by atoms with Gasteiger partial charge in [0, 0.05) is 19.5 Å². The summed E-state index contributed by atoms with van der Waals surface area (Å²) in [7, 11) is 3.18. The first-order chi connectivity index (χ1) is 12.9. The number of aliphatic hydroxyl groups is 1. The Balaban J connectivity index is 1.91. The first-order valence-electron chi connectivity index (χ1n) is 9.29. The molecule has 1 saturated heterocycles. The minimum absolute atomic E-state index is 0.0132. The van der Waals surface area contributed by atoms with Crippen molar-refractivity contribution in [3.8, 4) is 11.5 Å². The second kappa shape index (κ2) is 9.60. The average Bonchev–Trinajstić information content (AvgIpc) is 3.04. The number of rotatable bonds is 9. The monoisotopic (exact) mass is 378 g/mol. The summed E-state index contributed by atoms with van der Waals surface area (Å²) >= 11 is 0. The van der Waals surface area contributed by atoms with Crippen LogP contribution in [0, 0.1) is 11.8 Å². The van der Waals surface area contributed by atoms with E-state index in [4.69, 9.17) is 9.47 Å². The van der Waals surface area contributed by atoms with Crippen molar-refractivity contribution in [3.05, 3.63) is 23.8 Å². The highest BCUT2D eigenvalue weighted by Crippen LogP contribution is 2.28. The molecule has 2 unspecified atom stereocenters. The van der Waals surface area contributed by atoms with Gasteiger partial charge in [0.05, 0.1) is 32.8 Å². The van der Waals surface area contributed by atoms with E-state index in [2.05, 4.69) is 5.32 Å². The van der Waals surface area contributed by atoms with Gasteiger partial charge in [0.25, 0.3) is 0 Å². The van der Waals surface area contributed by atoms with Crippen LogP contribution in [0.3, 0.4) is 0 Å². The van der Waals surface area contributed by atoms with Gasteiger partial charge in [0.15, 0.2) is 11.5 Å². The number of carbonyl (C=O) groups excluding carboxylic acids is 2. The molecule has 1 aliphatic rings. The summed E-state index contributed by atoms with van der Waals surface area (Å²) in [6.45, 7) is 4.74. The summed E-state index contributed by atoms with van der Waals surface area (Å²) < 4.78 is 10.5. The number of nitrogens with zero attached hydrogens (tertiary/aromatic N) is 1. The van der Waals surface area contributed by atoms with Crippen molar-refractivity contribution >= 4 is 11.8 Å². The van der Waals surface area contributed by atoms with Crippen LogP contribution in [-0.2, 0) is 16.0 Å². The first-order valence-corrected chi connectivity index (χ1v) is 9.29. The zero-order chi connectivity index (χ0) is 20.0. The molecule has 0 saturated carbocycles. The van der Waals surface area contributed by atoms with E-state index in [1.807, 2.05) is 32.0 Å². The lowest BCUT2D eigenvalue weighted by Gasteiger charge is -2.22. The fourth-order valence-corrected chi connectivity index (χ4v) is 3.19. The maximum atomic E-state index is 12.4. The second-order valence-corrected chi connectivity index (χ2v) is 7.22. The molecule has 2 amide bonds. The second-order valence-electron chi connectivity index (χ2n) is 7.22. The summed E-state index contributed by atoms with van der Waals surface area (Å²) in [5.41, 5.74) is 1.04. The molecule has 0 bridgehead atoms. The molecule has 7 nitrogen and oxygen atoms in total. The van der Waals surface area contributed by atoms with Gasteiger partial charge in [-0.1, -0.05) is 19.9 Å². The number of amides is 2. The van der Waals surface area contributed by atoms with Gasteiger partial charge in [-0.25, -0.2) is 0 Å². The standard InChI is InChI=1S/C20H30N2O5/c1-13(2)16(12-23)21-20(25)15-10-19(24)22(11-15)8-7-14-5-6-17(26-3)18(9-14)27-4/h5-6,9,13,15-16,23H,7-8,10-12H2,1-4H3,(H,21,25). The minimum atomic E-state index is -0.365.